The zero-order chi connectivity index (χ0) is 16.9. The number of carbonyl (C=O) groups is 1. The van der Waals surface area contributed by atoms with Crippen LogP contribution in [-0.4, -0.2) is 24.0 Å². The van der Waals surface area contributed by atoms with Gasteiger partial charge in [-0.1, -0.05) is 60.6 Å². The zero-order valence-electron chi connectivity index (χ0n) is 15.2. The number of carbonyl (C=O) groups excluding carboxylic acids is 1. The first-order chi connectivity index (χ1) is 10.1. The van der Waals surface area contributed by atoms with E-state index in [-0.39, 0.29) is 11.3 Å². The molecule has 0 radical (unpaired) electrons. The van der Waals surface area contributed by atoms with Crippen LogP contribution in [0.25, 0.3) is 0 Å². The number of hydrogen-bond acceptors (Lipinski definition) is 2. The number of nitrogens with zero attached hydrogens (tertiary/aromatic N) is 1. The summed E-state index contributed by atoms with van der Waals surface area (Å²) in [7, 11) is 0. The molecule has 1 amide bonds. The summed E-state index contributed by atoms with van der Waals surface area (Å²) in [5, 5.41) is 2.04. The SMILES string of the molecule is CC(C)CN(CC(C)C)NC(=O)c1ccc(C(C)(C)C)cc1. The summed E-state index contributed by atoms with van der Waals surface area (Å²) in [5.41, 5.74) is 5.11. The first-order valence-electron chi connectivity index (χ1n) is 8.26. The van der Waals surface area contributed by atoms with E-state index in [9.17, 15) is 4.79 Å². The average molecular weight is 304 g/mol. The summed E-state index contributed by atoms with van der Waals surface area (Å²) in [5.74, 6) is 1.01. The van der Waals surface area contributed by atoms with Crippen molar-refractivity contribution in [1.82, 2.24) is 10.4 Å². The fourth-order valence-corrected chi connectivity index (χ4v) is 2.38. The largest absolute Gasteiger partial charge is 0.285 e. The predicted molar refractivity (Wildman–Crippen MR) is 93.9 cm³/mol. The van der Waals surface area contributed by atoms with Gasteiger partial charge in [-0.05, 0) is 34.9 Å². The maximum Gasteiger partial charge on any atom is 0.265 e. The first kappa shape index (κ1) is 18.7. The number of rotatable bonds is 6. The van der Waals surface area contributed by atoms with Crippen LogP contribution in [0.5, 0.6) is 0 Å². The normalized spacial score (nSPS) is 12.3. The van der Waals surface area contributed by atoms with Gasteiger partial charge in [-0.25, -0.2) is 5.01 Å². The highest BCUT2D eigenvalue weighted by atomic mass is 16.2. The van der Waals surface area contributed by atoms with Crippen LogP contribution in [-0.2, 0) is 5.41 Å². The van der Waals surface area contributed by atoms with Crippen LogP contribution >= 0.6 is 0 Å². The maximum absolute atomic E-state index is 12.4. The quantitative estimate of drug-likeness (QED) is 0.797. The van der Waals surface area contributed by atoms with Crippen LogP contribution in [0.2, 0.25) is 0 Å². The van der Waals surface area contributed by atoms with Gasteiger partial charge in [-0.3, -0.25) is 10.2 Å². The second-order valence-corrected chi connectivity index (χ2v) is 7.96. The molecule has 124 valence electrons. The highest BCUT2D eigenvalue weighted by Crippen LogP contribution is 2.22. The Bertz CT molecular complexity index is 459. The van der Waals surface area contributed by atoms with Gasteiger partial charge in [0.25, 0.3) is 5.91 Å². The van der Waals surface area contributed by atoms with E-state index >= 15 is 0 Å². The molecule has 0 aliphatic carbocycles. The number of hydrazine groups is 1. The number of amides is 1. The van der Waals surface area contributed by atoms with E-state index in [1.807, 2.05) is 29.3 Å². The van der Waals surface area contributed by atoms with E-state index in [1.54, 1.807) is 0 Å². The highest BCUT2D eigenvalue weighted by Gasteiger charge is 2.16. The Hall–Kier alpha value is -1.35. The monoisotopic (exact) mass is 304 g/mol. The molecule has 0 spiro atoms. The van der Waals surface area contributed by atoms with Crippen LogP contribution in [0.15, 0.2) is 24.3 Å². The number of benzene rings is 1. The predicted octanol–water partition coefficient (Wildman–Crippen LogP) is 4.24. The van der Waals surface area contributed by atoms with Crippen LogP contribution in [0.3, 0.4) is 0 Å². The molecule has 0 aliphatic rings. The van der Waals surface area contributed by atoms with Crippen molar-refractivity contribution in [2.75, 3.05) is 13.1 Å². The van der Waals surface area contributed by atoms with Crippen LogP contribution in [0.1, 0.15) is 64.4 Å². The Morgan fingerprint density at radius 1 is 1.00 bits per heavy atom. The van der Waals surface area contributed by atoms with E-state index < -0.39 is 0 Å². The topological polar surface area (TPSA) is 32.3 Å². The third-order valence-electron chi connectivity index (χ3n) is 3.44. The van der Waals surface area contributed by atoms with Crippen molar-refractivity contribution in [2.24, 2.45) is 11.8 Å². The Kier molecular flexibility index (Phi) is 6.61. The average Bonchev–Trinajstić information content (AvgIpc) is 2.36. The zero-order valence-corrected chi connectivity index (χ0v) is 15.2. The van der Waals surface area contributed by atoms with E-state index in [2.05, 4.69) is 53.9 Å². The van der Waals surface area contributed by atoms with Gasteiger partial charge in [0.1, 0.15) is 0 Å². The summed E-state index contributed by atoms with van der Waals surface area (Å²) < 4.78 is 0. The molecular formula is C19H32N2O. The van der Waals surface area contributed by atoms with Crippen molar-refractivity contribution in [3.05, 3.63) is 35.4 Å². The van der Waals surface area contributed by atoms with Crippen molar-refractivity contribution in [2.45, 2.75) is 53.9 Å². The van der Waals surface area contributed by atoms with Crippen LogP contribution in [0.4, 0.5) is 0 Å². The third-order valence-corrected chi connectivity index (χ3v) is 3.44. The summed E-state index contributed by atoms with van der Waals surface area (Å²) in [6.45, 7) is 16.9. The number of nitrogens with one attached hydrogen (secondary N) is 1. The Labute approximate surface area is 136 Å². The lowest BCUT2D eigenvalue weighted by Crippen LogP contribution is -2.45. The molecule has 0 unspecified atom stereocenters. The van der Waals surface area contributed by atoms with Gasteiger partial charge in [0, 0.05) is 18.7 Å². The molecule has 0 saturated heterocycles. The van der Waals surface area contributed by atoms with Gasteiger partial charge in [-0.2, -0.15) is 0 Å². The fraction of sp³-hybridized carbons (Fsp3) is 0.632. The second-order valence-electron chi connectivity index (χ2n) is 7.96. The Morgan fingerprint density at radius 3 is 1.82 bits per heavy atom. The molecule has 0 saturated carbocycles. The summed E-state index contributed by atoms with van der Waals surface area (Å²) >= 11 is 0. The van der Waals surface area contributed by atoms with Gasteiger partial charge in [0.15, 0.2) is 0 Å². The molecule has 0 atom stereocenters. The lowest BCUT2D eigenvalue weighted by atomic mass is 9.87. The molecule has 1 aromatic rings. The fourth-order valence-electron chi connectivity index (χ4n) is 2.38. The van der Waals surface area contributed by atoms with E-state index in [1.165, 1.54) is 5.56 Å². The number of hydrogen-bond donors (Lipinski definition) is 1. The molecule has 0 fully saturated rings. The molecule has 1 N–H and O–H groups in total. The van der Waals surface area contributed by atoms with Gasteiger partial charge in [0.05, 0.1) is 0 Å². The summed E-state index contributed by atoms with van der Waals surface area (Å²) in [4.78, 5) is 12.4. The highest BCUT2D eigenvalue weighted by molar-refractivity contribution is 5.93. The summed E-state index contributed by atoms with van der Waals surface area (Å²) in [6.07, 6.45) is 0. The molecule has 1 rings (SSSR count). The molecule has 3 heteroatoms. The van der Waals surface area contributed by atoms with Crippen molar-refractivity contribution in [3.8, 4) is 0 Å². The minimum atomic E-state index is -0.0261. The molecular weight excluding hydrogens is 272 g/mol. The standard InChI is InChI=1S/C19H32N2O/c1-14(2)12-21(13-15(3)4)20-18(22)16-8-10-17(11-9-16)19(5,6)7/h8-11,14-15H,12-13H2,1-7H3,(H,20,22). The Morgan fingerprint density at radius 2 is 1.45 bits per heavy atom. The second kappa shape index (κ2) is 7.77. The van der Waals surface area contributed by atoms with E-state index in [0.29, 0.717) is 17.4 Å². The van der Waals surface area contributed by atoms with E-state index in [4.69, 9.17) is 0 Å². The molecule has 1 aromatic carbocycles. The van der Waals surface area contributed by atoms with Crippen molar-refractivity contribution < 1.29 is 4.79 Å². The lowest BCUT2D eigenvalue weighted by Gasteiger charge is -2.26. The summed E-state index contributed by atoms with van der Waals surface area (Å²) in [6, 6.07) is 7.92. The third kappa shape index (κ3) is 6.18. The maximum atomic E-state index is 12.4. The van der Waals surface area contributed by atoms with Gasteiger partial charge in [0.2, 0.25) is 0 Å². The molecule has 0 bridgehead atoms. The molecule has 0 aliphatic heterocycles. The van der Waals surface area contributed by atoms with Crippen molar-refractivity contribution in [3.63, 3.8) is 0 Å². The van der Waals surface area contributed by atoms with Crippen LogP contribution in [0, 0.1) is 11.8 Å². The molecule has 0 heterocycles. The minimum Gasteiger partial charge on any atom is -0.285 e. The smallest absolute Gasteiger partial charge is 0.265 e. The molecule has 22 heavy (non-hydrogen) atoms. The lowest BCUT2D eigenvalue weighted by molar-refractivity contribution is 0.0740. The van der Waals surface area contributed by atoms with Gasteiger partial charge in [-0.15, -0.1) is 0 Å². The van der Waals surface area contributed by atoms with Crippen molar-refractivity contribution >= 4 is 5.91 Å². The van der Waals surface area contributed by atoms with Crippen molar-refractivity contribution in [1.29, 1.82) is 0 Å². The van der Waals surface area contributed by atoms with Gasteiger partial charge >= 0.3 is 0 Å². The first-order valence-corrected chi connectivity index (χ1v) is 8.26. The molecule has 3 nitrogen and oxygen atoms in total. The van der Waals surface area contributed by atoms with Gasteiger partial charge < -0.3 is 0 Å². The Balaban J connectivity index is 2.77. The van der Waals surface area contributed by atoms with E-state index in [0.717, 1.165) is 13.1 Å². The minimum absolute atomic E-state index is 0.0261. The van der Waals surface area contributed by atoms with Crippen LogP contribution < -0.4 is 5.43 Å². The molecule has 0 aromatic heterocycles.